The summed E-state index contributed by atoms with van der Waals surface area (Å²) in [7, 11) is 0. The summed E-state index contributed by atoms with van der Waals surface area (Å²) >= 11 is 5.64. The Balaban J connectivity index is 1.71. The van der Waals surface area contributed by atoms with Gasteiger partial charge in [0.1, 0.15) is 0 Å². The van der Waals surface area contributed by atoms with Crippen molar-refractivity contribution in [2.24, 2.45) is 0 Å². The third-order valence-corrected chi connectivity index (χ3v) is 4.69. The molecule has 0 radical (unpaired) electrons. The molecule has 1 aromatic carbocycles. The molecule has 0 unspecified atom stereocenters. The van der Waals surface area contributed by atoms with Crippen molar-refractivity contribution in [1.29, 1.82) is 0 Å². The topological polar surface area (TPSA) is 44.0 Å². The number of nitrogens with one attached hydrogen (secondary N) is 2. The van der Waals surface area contributed by atoms with Crippen LogP contribution in [0.4, 0.5) is 0 Å². The summed E-state index contributed by atoms with van der Waals surface area (Å²) in [6.07, 6.45) is 3.78. The fraction of sp³-hybridized carbons (Fsp3) is 0.158. The number of H-pyrrole nitrogens is 1. The summed E-state index contributed by atoms with van der Waals surface area (Å²) in [4.78, 5) is 10.1. The predicted octanol–water partition coefficient (Wildman–Crippen LogP) is 3.58. The molecule has 2 atom stereocenters. The van der Waals surface area contributed by atoms with Gasteiger partial charge in [0.2, 0.25) is 0 Å². The van der Waals surface area contributed by atoms with Crippen LogP contribution >= 0.6 is 12.2 Å². The van der Waals surface area contributed by atoms with Gasteiger partial charge in [0.15, 0.2) is 5.11 Å². The maximum absolute atomic E-state index is 5.64. The Morgan fingerprint density at radius 1 is 1.00 bits per heavy atom. The van der Waals surface area contributed by atoms with Crippen LogP contribution in [-0.4, -0.2) is 20.0 Å². The number of pyridine rings is 1. The first-order valence-corrected chi connectivity index (χ1v) is 8.39. The van der Waals surface area contributed by atoms with E-state index in [0.717, 1.165) is 23.0 Å². The van der Waals surface area contributed by atoms with Gasteiger partial charge in [0.25, 0.3) is 0 Å². The minimum Gasteiger partial charge on any atom is -0.363 e. The third kappa shape index (κ3) is 2.78. The lowest BCUT2D eigenvalue weighted by molar-refractivity contribution is 0.306. The number of aromatic nitrogens is 2. The second-order valence-electron chi connectivity index (χ2n) is 5.87. The zero-order valence-corrected chi connectivity index (χ0v) is 13.9. The summed E-state index contributed by atoms with van der Waals surface area (Å²) in [5, 5.41) is 4.21. The Morgan fingerprint density at radius 3 is 2.54 bits per heavy atom. The maximum Gasteiger partial charge on any atom is 0.170 e. The molecule has 24 heavy (non-hydrogen) atoms. The van der Waals surface area contributed by atoms with Crippen molar-refractivity contribution in [3.8, 4) is 0 Å². The van der Waals surface area contributed by atoms with Crippen LogP contribution in [-0.2, 0) is 6.54 Å². The number of thiocarbonyl (C=S) groups is 1. The fourth-order valence-corrected chi connectivity index (χ4v) is 3.53. The van der Waals surface area contributed by atoms with E-state index in [1.807, 2.05) is 42.7 Å². The molecule has 1 aliphatic heterocycles. The summed E-state index contributed by atoms with van der Waals surface area (Å²) in [5.41, 5.74) is 3.36. The van der Waals surface area contributed by atoms with Crippen molar-refractivity contribution in [2.75, 3.05) is 0 Å². The quantitative estimate of drug-likeness (QED) is 0.716. The van der Waals surface area contributed by atoms with Crippen LogP contribution in [0.25, 0.3) is 0 Å². The molecule has 0 amide bonds. The monoisotopic (exact) mass is 334 g/mol. The number of hydrogen-bond acceptors (Lipinski definition) is 2. The number of nitrogens with zero attached hydrogens (tertiary/aromatic N) is 2. The Kier molecular flexibility index (Phi) is 4.01. The highest BCUT2D eigenvalue weighted by Crippen LogP contribution is 2.38. The van der Waals surface area contributed by atoms with Crippen molar-refractivity contribution in [1.82, 2.24) is 20.2 Å². The Labute approximate surface area is 146 Å². The highest BCUT2D eigenvalue weighted by molar-refractivity contribution is 7.80. The molecular weight excluding hydrogens is 316 g/mol. The van der Waals surface area contributed by atoms with Gasteiger partial charge in [0.05, 0.1) is 17.8 Å². The average Bonchev–Trinajstić information content (AvgIpc) is 3.25. The van der Waals surface area contributed by atoms with Crippen molar-refractivity contribution in [3.63, 3.8) is 0 Å². The molecule has 0 bridgehead atoms. The molecule has 4 nitrogen and oxygen atoms in total. The Bertz CT molecular complexity index is 802. The molecule has 3 heterocycles. The van der Waals surface area contributed by atoms with Crippen LogP contribution in [0.2, 0.25) is 0 Å². The molecule has 1 saturated heterocycles. The van der Waals surface area contributed by atoms with Crippen molar-refractivity contribution in [2.45, 2.75) is 18.6 Å². The second-order valence-corrected chi connectivity index (χ2v) is 6.25. The molecule has 4 rings (SSSR count). The highest BCUT2D eigenvalue weighted by atomic mass is 32.1. The van der Waals surface area contributed by atoms with E-state index in [2.05, 4.69) is 50.5 Å². The largest absolute Gasteiger partial charge is 0.363 e. The number of rotatable bonds is 4. The van der Waals surface area contributed by atoms with E-state index in [0.29, 0.717) is 0 Å². The van der Waals surface area contributed by atoms with Gasteiger partial charge in [-0.05, 0) is 42.0 Å². The zero-order valence-electron chi connectivity index (χ0n) is 13.1. The van der Waals surface area contributed by atoms with Crippen molar-refractivity contribution < 1.29 is 0 Å². The molecule has 2 N–H and O–H groups in total. The summed E-state index contributed by atoms with van der Waals surface area (Å²) < 4.78 is 0. The third-order valence-electron chi connectivity index (χ3n) is 4.33. The van der Waals surface area contributed by atoms with E-state index in [4.69, 9.17) is 12.2 Å². The van der Waals surface area contributed by atoms with E-state index in [-0.39, 0.29) is 12.1 Å². The van der Waals surface area contributed by atoms with Gasteiger partial charge in [-0.1, -0.05) is 36.4 Å². The number of hydrogen-bond donors (Lipinski definition) is 2. The summed E-state index contributed by atoms with van der Waals surface area (Å²) in [6, 6.07) is 20.6. The van der Waals surface area contributed by atoms with E-state index < -0.39 is 0 Å². The van der Waals surface area contributed by atoms with E-state index >= 15 is 0 Å². The Morgan fingerprint density at radius 2 is 1.83 bits per heavy atom. The van der Waals surface area contributed by atoms with Gasteiger partial charge in [-0.2, -0.15) is 0 Å². The minimum atomic E-state index is 0.0288. The number of benzene rings is 1. The van der Waals surface area contributed by atoms with E-state index in [1.54, 1.807) is 0 Å². The summed E-state index contributed by atoms with van der Waals surface area (Å²) in [6.45, 7) is 0.764. The first-order chi connectivity index (χ1) is 11.8. The Hall–Kier alpha value is -2.66. The van der Waals surface area contributed by atoms with Crippen LogP contribution in [0.5, 0.6) is 0 Å². The van der Waals surface area contributed by atoms with Crippen LogP contribution in [0, 0.1) is 0 Å². The van der Waals surface area contributed by atoms with Crippen LogP contribution in [0.1, 0.15) is 29.0 Å². The van der Waals surface area contributed by atoms with Gasteiger partial charge < -0.3 is 15.2 Å². The van der Waals surface area contributed by atoms with Crippen LogP contribution < -0.4 is 5.32 Å². The molecule has 2 aromatic heterocycles. The van der Waals surface area contributed by atoms with Gasteiger partial charge in [-0.3, -0.25) is 4.98 Å². The average molecular weight is 334 g/mol. The van der Waals surface area contributed by atoms with Crippen LogP contribution in [0.15, 0.2) is 73.1 Å². The van der Waals surface area contributed by atoms with Gasteiger partial charge in [-0.25, -0.2) is 0 Å². The first kappa shape index (κ1) is 14.9. The van der Waals surface area contributed by atoms with Crippen molar-refractivity contribution in [3.05, 3.63) is 90.0 Å². The molecule has 1 aliphatic rings. The zero-order chi connectivity index (χ0) is 16.4. The normalized spacial score (nSPS) is 20.2. The predicted molar refractivity (Wildman–Crippen MR) is 98.2 cm³/mol. The van der Waals surface area contributed by atoms with Crippen LogP contribution in [0.3, 0.4) is 0 Å². The lowest BCUT2D eigenvalue weighted by Gasteiger charge is -2.27. The highest BCUT2D eigenvalue weighted by Gasteiger charge is 2.40. The van der Waals surface area contributed by atoms with E-state index in [1.165, 1.54) is 5.56 Å². The molecule has 120 valence electrons. The minimum absolute atomic E-state index is 0.0288. The lowest BCUT2D eigenvalue weighted by atomic mass is 10.0. The smallest absolute Gasteiger partial charge is 0.170 e. The molecule has 3 aromatic rings. The molecule has 0 spiro atoms. The first-order valence-electron chi connectivity index (χ1n) is 7.98. The molecule has 5 heteroatoms. The second kappa shape index (κ2) is 6.45. The molecule has 0 aliphatic carbocycles. The fourth-order valence-electron chi connectivity index (χ4n) is 3.22. The summed E-state index contributed by atoms with van der Waals surface area (Å²) in [5.74, 6) is 0. The standard InChI is InChI=1S/C19H18N4S/c24-19-22-17(15-9-4-5-11-20-15)18(16-10-6-12-21-16)23(19)13-14-7-2-1-3-8-14/h1-12,17-18,21H,13H2,(H,22,24)/t17-,18-/m1/s1. The van der Waals surface area contributed by atoms with E-state index in [9.17, 15) is 0 Å². The molecular formula is C19H18N4S. The molecule has 1 fully saturated rings. The maximum atomic E-state index is 5.64. The van der Waals surface area contributed by atoms with Gasteiger partial charge in [0, 0.05) is 24.6 Å². The lowest BCUT2D eigenvalue weighted by Crippen LogP contribution is -2.29. The SMILES string of the molecule is S=C1N[C@H](c2ccccn2)[C@@H](c2ccc[nH]2)N1Cc1ccccc1. The van der Waals surface area contributed by atoms with Crippen molar-refractivity contribution >= 4 is 17.3 Å². The van der Waals surface area contributed by atoms with Gasteiger partial charge in [-0.15, -0.1) is 0 Å². The molecule has 0 saturated carbocycles. The van der Waals surface area contributed by atoms with Gasteiger partial charge >= 0.3 is 0 Å². The number of aromatic amines is 1.